The zero-order chi connectivity index (χ0) is 19.4. The zero-order valence-corrected chi connectivity index (χ0v) is 18.6. The van der Waals surface area contributed by atoms with Gasteiger partial charge in [-0.15, -0.1) is 11.3 Å². The fourth-order valence-corrected chi connectivity index (χ4v) is 5.20. The lowest BCUT2D eigenvalue weighted by molar-refractivity contribution is 0.0526. The molecule has 0 atom stereocenters. The summed E-state index contributed by atoms with van der Waals surface area (Å²) in [6.45, 7) is 2.10. The first-order valence-corrected chi connectivity index (χ1v) is 11.0. The SMILES string of the molecule is CCOC(=O)c1c(NC(=S)NC(=O)c2ccccc2I)sc2c1CCCC2. The van der Waals surface area contributed by atoms with Gasteiger partial charge in [0.1, 0.15) is 5.00 Å². The van der Waals surface area contributed by atoms with E-state index in [2.05, 4.69) is 33.2 Å². The Labute approximate surface area is 181 Å². The van der Waals surface area contributed by atoms with Gasteiger partial charge in [0.15, 0.2) is 5.11 Å². The standard InChI is InChI=1S/C19H19IN2O3S2/c1-2-25-18(24)15-12-8-4-6-10-14(12)27-17(15)22-19(26)21-16(23)11-7-3-5-9-13(11)20/h3,5,7,9H,2,4,6,8,10H2,1H3,(H2,21,22,23,26). The van der Waals surface area contributed by atoms with Crippen LogP contribution in [0.25, 0.3) is 0 Å². The molecular formula is C19H19IN2O3S2. The summed E-state index contributed by atoms with van der Waals surface area (Å²) in [5.74, 6) is -0.623. The molecule has 2 N–H and O–H groups in total. The number of benzene rings is 1. The van der Waals surface area contributed by atoms with Gasteiger partial charge in [-0.2, -0.15) is 0 Å². The van der Waals surface area contributed by atoms with Crippen LogP contribution in [0.15, 0.2) is 24.3 Å². The van der Waals surface area contributed by atoms with E-state index in [-0.39, 0.29) is 17.0 Å². The Hall–Kier alpha value is -1.52. The van der Waals surface area contributed by atoms with E-state index in [0.29, 0.717) is 22.7 Å². The lowest BCUT2D eigenvalue weighted by atomic mass is 9.95. The number of esters is 1. The van der Waals surface area contributed by atoms with E-state index in [0.717, 1.165) is 34.8 Å². The number of ether oxygens (including phenoxy) is 1. The van der Waals surface area contributed by atoms with E-state index < -0.39 is 0 Å². The average Bonchev–Trinajstić information content (AvgIpc) is 2.99. The molecule has 1 aromatic heterocycles. The molecule has 1 aromatic carbocycles. The summed E-state index contributed by atoms with van der Waals surface area (Å²) < 4.78 is 6.08. The van der Waals surface area contributed by atoms with Crippen LogP contribution < -0.4 is 10.6 Å². The predicted octanol–water partition coefficient (Wildman–Crippen LogP) is 4.54. The van der Waals surface area contributed by atoms with E-state index in [1.54, 1.807) is 19.1 Å². The van der Waals surface area contributed by atoms with Gasteiger partial charge in [0, 0.05) is 8.45 Å². The average molecular weight is 514 g/mol. The smallest absolute Gasteiger partial charge is 0.341 e. The Morgan fingerprint density at radius 3 is 2.74 bits per heavy atom. The maximum Gasteiger partial charge on any atom is 0.341 e. The molecule has 0 saturated heterocycles. The van der Waals surface area contributed by atoms with E-state index in [4.69, 9.17) is 17.0 Å². The molecule has 2 aromatic rings. The minimum absolute atomic E-state index is 0.170. The van der Waals surface area contributed by atoms with Crippen LogP contribution in [0.1, 0.15) is 50.9 Å². The number of amides is 1. The van der Waals surface area contributed by atoms with E-state index in [1.165, 1.54) is 16.2 Å². The molecule has 1 aliphatic rings. The Morgan fingerprint density at radius 2 is 2.00 bits per heavy atom. The van der Waals surface area contributed by atoms with Gasteiger partial charge in [0.05, 0.1) is 17.7 Å². The number of nitrogens with one attached hydrogen (secondary N) is 2. The quantitative estimate of drug-likeness (QED) is 0.357. The number of aryl methyl sites for hydroxylation is 1. The molecule has 5 nitrogen and oxygen atoms in total. The highest BCUT2D eigenvalue weighted by Gasteiger charge is 2.27. The summed E-state index contributed by atoms with van der Waals surface area (Å²) in [4.78, 5) is 26.1. The van der Waals surface area contributed by atoms with E-state index >= 15 is 0 Å². The number of rotatable bonds is 4. The van der Waals surface area contributed by atoms with Crippen LogP contribution in [0.5, 0.6) is 0 Å². The van der Waals surface area contributed by atoms with Gasteiger partial charge in [-0.3, -0.25) is 10.1 Å². The van der Waals surface area contributed by atoms with Gasteiger partial charge in [-0.25, -0.2) is 4.79 Å². The second-order valence-corrected chi connectivity index (χ2v) is 8.70. The fraction of sp³-hybridized carbons (Fsp3) is 0.316. The highest BCUT2D eigenvalue weighted by atomic mass is 127. The van der Waals surface area contributed by atoms with Crippen LogP contribution in [0.4, 0.5) is 5.00 Å². The van der Waals surface area contributed by atoms with Crippen molar-refractivity contribution in [2.75, 3.05) is 11.9 Å². The Kier molecular flexibility index (Phi) is 6.83. The largest absolute Gasteiger partial charge is 0.462 e. The normalized spacial score (nSPS) is 12.8. The summed E-state index contributed by atoms with van der Waals surface area (Å²) in [6, 6.07) is 7.28. The summed E-state index contributed by atoms with van der Waals surface area (Å²) in [6.07, 6.45) is 3.99. The van der Waals surface area contributed by atoms with Gasteiger partial charge >= 0.3 is 5.97 Å². The molecule has 0 fully saturated rings. The summed E-state index contributed by atoms with van der Waals surface area (Å²) in [5.41, 5.74) is 2.17. The molecule has 142 valence electrons. The van der Waals surface area contributed by atoms with Crippen molar-refractivity contribution in [2.24, 2.45) is 0 Å². The Bertz CT molecular complexity index is 895. The van der Waals surface area contributed by atoms with Gasteiger partial charge < -0.3 is 10.1 Å². The molecule has 0 radical (unpaired) electrons. The van der Waals surface area contributed by atoms with E-state index in [9.17, 15) is 9.59 Å². The first-order chi connectivity index (χ1) is 13.0. The van der Waals surface area contributed by atoms with Crippen molar-refractivity contribution < 1.29 is 14.3 Å². The van der Waals surface area contributed by atoms with Crippen LogP contribution in [-0.4, -0.2) is 23.6 Å². The van der Waals surface area contributed by atoms with Crippen LogP contribution >= 0.6 is 46.1 Å². The van der Waals surface area contributed by atoms with Gasteiger partial charge in [-0.1, -0.05) is 12.1 Å². The zero-order valence-electron chi connectivity index (χ0n) is 14.8. The first-order valence-electron chi connectivity index (χ1n) is 8.69. The maximum atomic E-state index is 12.5. The lowest BCUT2D eigenvalue weighted by Crippen LogP contribution is -2.34. The van der Waals surface area contributed by atoms with Crippen molar-refractivity contribution in [1.29, 1.82) is 0 Å². The predicted molar refractivity (Wildman–Crippen MR) is 120 cm³/mol. The minimum Gasteiger partial charge on any atom is -0.462 e. The topological polar surface area (TPSA) is 67.4 Å². The number of hydrogen-bond acceptors (Lipinski definition) is 5. The molecule has 27 heavy (non-hydrogen) atoms. The first kappa shape index (κ1) is 20.2. The highest BCUT2D eigenvalue weighted by Crippen LogP contribution is 2.38. The van der Waals surface area contributed by atoms with Crippen molar-refractivity contribution in [3.63, 3.8) is 0 Å². The van der Waals surface area contributed by atoms with Crippen molar-refractivity contribution in [1.82, 2.24) is 5.32 Å². The molecule has 1 aliphatic carbocycles. The number of carbonyl (C=O) groups is 2. The monoisotopic (exact) mass is 514 g/mol. The molecule has 3 rings (SSSR count). The number of carbonyl (C=O) groups excluding carboxylic acids is 2. The third-order valence-electron chi connectivity index (χ3n) is 4.22. The molecular weight excluding hydrogens is 495 g/mol. The number of thiophene rings is 1. The number of thiocarbonyl (C=S) groups is 1. The third kappa shape index (κ3) is 4.67. The number of fused-ring (bicyclic) bond motifs is 1. The molecule has 0 saturated carbocycles. The van der Waals surface area contributed by atoms with Crippen molar-refractivity contribution in [3.05, 3.63) is 49.4 Å². The van der Waals surface area contributed by atoms with Gasteiger partial charge in [0.25, 0.3) is 5.91 Å². The molecule has 8 heteroatoms. The van der Waals surface area contributed by atoms with Crippen LogP contribution in [0, 0.1) is 3.57 Å². The highest BCUT2D eigenvalue weighted by molar-refractivity contribution is 14.1. The molecule has 0 spiro atoms. The van der Waals surface area contributed by atoms with Crippen LogP contribution in [-0.2, 0) is 17.6 Å². The summed E-state index contributed by atoms with van der Waals surface area (Å²) in [5, 5.41) is 6.55. The van der Waals surface area contributed by atoms with Gasteiger partial charge in [-0.05, 0) is 85.1 Å². The number of anilines is 1. The lowest BCUT2D eigenvalue weighted by Gasteiger charge is -2.13. The van der Waals surface area contributed by atoms with Crippen molar-refractivity contribution in [3.8, 4) is 0 Å². The van der Waals surface area contributed by atoms with Crippen molar-refractivity contribution in [2.45, 2.75) is 32.6 Å². The maximum absolute atomic E-state index is 12.5. The number of hydrogen-bond donors (Lipinski definition) is 2. The fourth-order valence-electron chi connectivity index (χ4n) is 3.02. The Morgan fingerprint density at radius 1 is 1.26 bits per heavy atom. The van der Waals surface area contributed by atoms with Crippen LogP contribution in [0.2, 0.25) is 0 Å². The molecule has 1 heterocycles. The van der Waals surface area contributed by atoms with Gasteiger partial charge in [0.2, 0.25) is 0 Å². The second-order valence-electron chi connectivity index (χ2n) is 6.02. The molecule has 1 amide bonds. The molecule has 0 unspecified atom stereocenters. The van der Waals surface area contributed by atoms with Crippen LogP contribution in [0.3, 0.4) is 0 Å². The molecule has 0 aliphatic heterocycles. The minimum atomic E-state index is -0.342. The van der Waals surface area contributed by atoms with Crippen molar-refractivity contribution >= 4 is 68.1 Å². The summed E-state index contributed by atoms with van der Waals surface area (Å²) >= 11 is 8.94. The van der Waals surface area contributed by atoms with E-state index in [1.807, 2.05) is 12.1 Å². The summed E-state index contributed by atoms with van der Waals surface area (Å²) in [7, 11) is 0. The molecule has 0 bridgehead atoms. The Balaban J connectivity index is 1.79. The third-order valence-corrected chi connectivity index (χ3v) is 6.58. The number of halogens is 1. The second kappa shape index (κ2) is 9.11.